The van der Waals surface area contributed by atoms with Gasteiger partial charge < -0.3 is 5.32 Å². The monoisotopic (exact) mass is 322 g/mol. The van der Waals surface area contributed by atoms with Crippen LogP contribution in [0.25, 0.3) is 0 Å². The minimum absolute atomic E-state index is 0.725. The maximum Gasteiger partial charge on any atom is 0.0252 e. The maximum absolute atomic E-state index is 3.70. The van der Waals surface area contributed by atoms with Crippen molar-refractivity contribution in [2.45, 2.75) is 50.7 Å². The van der Waals surface area contributed by atoms with Crippen molar-refractivity contribution in [2.24, 2.45) is 0 Å². The van der Waals surface area contributed by atoms with E-state index < -0.39 is 0 Å². The van der Waals surface area contributed by atoms with Gasteiger partial charge in [-0.3, -0.25) is 4.90 Å². The Kier molecular flexibility index (Phi) is 4.57. The molecule has 2 heterocycles. The molecule has 0 bridgehead atoms. The van der Waals surface area contributed by atoms with E-state index in [-0.39, 0.29) is 0 Å². The molecule has 2 aliphatic rings. The molecule has 1 aromatic rings. The molecule has 19 heavy (non-hydrogen) atoms. The van der Waals surface area contributed by atoms with Gasteiger partial charge >= 0.3 is 0 Å². The third-order valence-electron chi connectivity index (χ3n) is 4.56. The normalized spacial score (nSPS) is 28.7. The molecule has 0 aliphatic carbocycles. The Morgan fingerprint density at radius 1 is 1.16 bits per heavy atom. The molecular weight excluding hydrogens is 300 g/mol. The summed E-state index contributed by atoms with van der Waals surface area (Å²) in [6, 6.07) is 10.1. The number of rotatable bonds is 3. The van der Waals surface area contributed by atoms with E-state index in [0.717, 1.165) is 18.6 Å². The van der Waals surface area contributed by atoms with Gasteiger partial charge in [0.25, 0.3) is 0 Å². The number of nitrogens with zero attached hydrogens (tertiary/aromatic N) is 1. The lowest BCUT2D eigenvalue weighted by Gasteiger charge is -2.39. The molecule has 3 heteroatoms. The van der Waals surface area contributed by atoms with Crippen LogP contribution in [-0.2, 0) is 6.54 Å². The lowest BCUT2D eigenvalue weighted by atomic mass is 9.94. The highest BCUT2D eigenvalue weighted by atomic mass is 79.9. The summed E-state index contributed by atoms with van der Waals surface area (Å²) >= 11 is 3.68. The average molecular weight is 323 g/mol. The molecule has 0 saturated carbocycles. The number of likely N-dealkylation sites (tertiary alicyclic amines) is 1. The van der Waals surface area contributed by atoms with E-state index in [2.05, 4.69) is 50.4 Å². The SMILES string of the molecule is Brc1ccccc1CN1CCCCC1C1CCCN1. The van der Waals surface area contributed by atoms with Gasteiger partial charge in [0.2, 0.25) is 0 Å². The van der Waals surface area contributed by atoms with Gasteiger partial charge in [-0.15, -0.1) is 0 Å². The molecule has 2 aliphatic heterocycles. The zero-order valence-corrected chi connectivity index (χ0v) is 13.0. The van der Waals surface area contributed by atoms with Crippen molar-refractivity contribution in [1.82, 2.24) is 10.2 Å². The van der Waals surface area contributed by atoms with E-state index in [9.17, 15) is 0 Å². The van der Waals surface area contributed by atoms with Crippen LogP contribution in [-0.4, -0.2) is 30.1 Å². The molecule has 0 aromatic heterocycles. The molecule has 0 spiro atoms. The quantitative estimate of drug-likeness (QED) is 0.915. The number of piperidine rings is 1. The van der Waals surface area contributed by atoms with E-state index in [1.54, 1.807) is 0 Å². The zero-order chi connectivity index (χ0) is 13.1. The van der Waals surface area contributed by atoms with Gasteiger partial charge in [-0.1, -0.05) is 40.5 Å². The summed E-state index contributed by atoms with van der Waals surface area (Å²) in [5.74, 6) is 0. The van der Waals surface area contributed by atoms with Crippen molar-refractivity contribution < 1.29 is 0 Å². The van der Waals surface area contributed by atoms with Crippen molar-refractivity contribution in [3.8, 4) is 0 Å². The van der Waals surface area contributed by atoms with E-state index >= 15 is 0 Å². The Hall–Kier alpha value is -0.380. The fourth-order valence-corrected chi connectivity index (χ4v) is 3.96. The Morgan fingerprint density at radius 3 is 2.84 bits per heavy atom. The summed E-state index contributed by atoms with van der Waals surface area (Å²) in [5, 5.41) is 3.70. The van der Waals surface area contributed by atoms with Crippen molar-refractivity contribution in [3.63, 3.8) is 0 Å². The number of benzene rings is 1. The van der Waals surface area contributed by atoms with Crippen LogP contribution in [0.3, 0.4) is 0 Å². The second-order valence-corrected chi connectivity index (χ2v) is 6.68. The summed E-state index contributed by atoms with van der Waals surface area (Å²) < 4.78 is 1.25. The van der Waals surface area contributed by atoms with Gasteiger partial charge in [-0.2, -0.15) is 0 Å². The van der Waals surface area contributed by atoms with E-state index in [4.69, 9.17) is 0 Å². The average Bonchev–Trinajstić information content (AvgIpc) is 2.96. The molecule has 104 valence electrons. The van der Waals surface area contributed by atoms with Crippen LogP contribution in [0.15, 0.2) is 28.7 Å². The van der Waals surface area contributed by atoms with E-state index in [1.807, 2.05) is 0 Å². The van der Waals surface area contributed by atoms with Crippen LogP contribution in [0.1, 0.15) is 37.7 Å². The van der Waals surface area contributed by atoms with Crippen LogP contribution < -0.4 is 5.32 Å². The van der Waals surface area contributed by atoms with E-state index in [1.165, 1.54) is 55.2 Å². The smallest absolute Gasteiger partial charge is 0.0252 e. The Balaban J connectivity index is 1.71. The molecule has 2 unspecified atom stereocenters. The van der Waals surface area contributed by atoms with Crippen LogP contribution in [0.2, 0.25) is 0 Å². The minimum atomic E-state index is 0.725. The fourth-order valence-electron chi connectivity index (χ4n) is 3.55. The highest BCUT2D eigenvalue weighted by Gasteiger charge is 2.31. The van der Waals surface area contributed by atoms with Crippen LogP contribution in [0.5, 0.6) is 0 Å². The van der Waals surface area contributed by atoms with Crippen molar-refractivity contribution in [2.75, 3.05) is 13.1 Å². The van der Waals surface area contributed by atoms with Gasteiger partial charge in [0.1, 0.15) is 0 Å². The standard InChI is InChI=1S/C16H23BrN2/c17-14-7-2-1-6-13(14)12-19-11-4-3-9-16(19)15-8-5-10-18-15/h1-2,6-7,15-16,18H,3-5,8-12H2. The fraction of sp³-hybridized carbons (Fsp3) is 0.625. The van der Waals surface area contributed by atoms with Gasteiger partial charge in [0.15, 0.2) is 0 Å². The molecule has 0 amide bonds. The second-order valence-electron chi connectivity index (χ2n) is 5.83. The Labute approximate surface area is 124 Å². The van der Waals surface area contributed by atoms with Crippen molar-refractivity contribution in [3.05, 3.63) is 34.3 Å². The zero-order valence-electron chi connectivity index (χ0n) is 11.4. The molecule has 2 nitrogen and oxygen atoms in total. The molecule has 1 aromatic carbocycles. The number of nitrogens with one attached hydrogen (secondary N) is 1. The molecule has 2 saturated heterocycles. The van der Waals surface area contributed by atoms with E-state index in [0.29, 0.717) is 0 Å². The Bertz CT molecular complexity index is 415. The summed E-state index contributed by atoms with van der Waals surface area (Å²) in [6.45, 7) is 3.55. The molecule has 3 rings (SSSR count). The van der Waals surface area contributed by atoms with Gasteiger partial charge in [0.05, 0.1) is 0 Å². The van der Waals surface area contributed by atoms with Gasteiger partial charge in [-0.25, -0.2) is 0 Å². The topological polar surface area (TPSA) is 15.3 Å². The minimum Gasteiger partial charge on any atom is -0.312 e. The largest absolute Gasteiger partial charge is 0.312 e. The lowest BCUT2D eigenvalue weighted by Crippen LogP contribution is -2.49. The number of hydrogen-bond donors (Lipinski definition) is 1. The second kappa shape index (κ2) is 6.38. The summed E-state index contributed by atoms with van der Waals surface area (Å²) in [4.78, 5) is 2.70. The highest BCUT2D eigenvalue weighted by molar-refractivity contribution is 9.10. The van der Waals surface area contributed by atoms with Gasteiger partial charge in [-0.05, 0) is 50.4 Å². The van der Waals surface area contributed by atoms with Crippen LogP contribution in [0.4, 0.5) is 0 Å². The maximum atomic E-state index is 3.70. The summed E-state index contributed by atoms with van der Waals surface area (Å²) in [5.41, 5.74) is 1.42. The summed E-state index contributed by atoms with van der Waals surface area (Å²) in [6.07, 6.45) is 6.83. The molecule has 2 atom stereocenters. The van der Waals surface area contributed by atoms with Crippen molar-refractivity contribution in [1.29, 1.82) is 0 Å². The number of halogens is 1. The third kappa shape index (κ3) is 3.21. The number of hydrogen-bond acceptors (Lipinski definition) is 2. The van der Waals surface area contributed by atoms with Crippen molar-refractivity contribution >= 4 is 15.9 Å². The lowest BCUT2D eigenvalue weighted by molar-refractivity contribution is 0.112. The predicted octanol–water partition coefficient (Wildman–Crippen LogP) is 3.56. The predicted molar refractivity (Wildman–Crippen MR) is 83.2 cm³/mol. The molecule has 2 fully saturated rings. The first-order valence-electron chi connectivity index (χ1n) is 7.55. The van der Waals surface area contributed by atoms with Crippen LogP contribution in [0, 0.1) is 0 Å². The Morgan fingerprint density at radius 2 is 2.05 bits per heavy atom. The third-order valence-corrected chi connectivity index (χ3v) is 5.33. The summed E-state index contributed by atoms with van der Waals surface area (Å²) in [7, 11) is 0. The first-order chi connectivity index (χ1) is 9.34. The first kappa shape index (κ1) is 13.6. The van der Waals surface area contributed by atoms with Gasteiger partial charge in [0, 0.05) is 23.1 Å². The van der Waals surface area contributed by atoms with Crippen LogP contribution >= 0.6 is 15.9 Å². The molecule has 1 N–H and O–H groups in total. The molecular formula is C16H23BrN2. The highest BCUT2D eigenvalue weighted by Crippen LogP contribution is 2.27. The first-order valence-corrected chi connectivity index (χ1v) is 8.35. The molecule has 0 radical (unpaired) electrons.